The van der Waals surface area contributed by atoms with Crippen molar-refractivity contribution in [1.29, 1.82) is 5.26 Å². The Kier molecular flexibility index (Phi) is 8.59. The number of methoxy groups -OCH3 is 1. The van der Waals surface area contributed by atoms with E-state index in [1.165, 1.54) is 36.1 Å². The molecule has 1 aliphatic rings. The van der Waals surface area contributed by atoms with Crippen molar-refractivity contribution in [2.24, 2.45) is 0 Å². The van der Waals surface area contributed by atoms with E-state index in [9.17, 15) is 19.6 Å². The Balaban J connectivity index is 1.73. The third kappa shape index (κ3) is 6.11. The van der Waals surface area contributed by atoms with Crippen molar-refractivity contribution in [1.82, 2.24) is 4.57 Å². The Morgan fingerprint density at radius 3 is 2.58 bits per heavy atom. The standard InChI is InChI=1S/C28H25ClN2O7/c1-36-26-15-31(27(33)13-23(26)22-11-20(29)7-6-19(22)14-30)24(12-21-16-37-8-9-38-21)25(32)10-17-2-4-18(5-3-17)28(34)35/h2-7,11,13,15,21,24H,8-10,12,16H2,1H3,(H,34,35). The molecular formula is C28H25ClN2O7. The van der Waals surface area contributed by atoms with Crippen LogP contribution in [0.3, 0.4) is 0 Å². The lowest BCUT2D eigenvalue weighted by Crippen LogP contribution is -2.37. The fourth-order valence-corrected chi connectivity index (χ4v) is 4.56. The highest BCUT2D eigenvalue weighted by atomic mass is 35.5. The second-order valence-corrected chi connectivity index (χ2v) is 9.20. The van der Waals surface area contributed by atoms with Gasteiger partial charge in [0.1, 0.15) is 5.75 Å². The summed E-state index contributed by atoms with van der Waals surface area (Å²) < 4.78 is 18.1. The predicted octanol–water partition coefficient (Wildman–Crippen LogP) is 3.91. The summed E-state index contributed by atoms with van der Waals surface area (Å²) in [6.07, 6.45) is 1.22. The molecule has 9 nitrogen and oxygen atoms in total. The van der Waals surface area contributed by atoms with Gasteiger partial charge in [-0.15, -0.1) is 0 Å². The van der Waals surface area contributed by atoms with Crippen LogP contribution in [0.5, 0.6) is 5.75 Å². The normalized spacial score (nSPS) is 15.9. The SMILES string of the molecule is COc1cn(C(CC2COCCO2)C(=O)Cc2ccc(C(=O)O)cc2)c(=O)cc1-c1cc(Cl)ccc1C#N. The molecule has 1 aromatic heterocycles. The number of halogens is 1. The van der Waals surface area contributed by atoms with E-state index in [-0.39, 0.29) is 36.5 Å². The van der Waals surface area contributed by atoms with Crippen molar-refractivity contribution in [3.05, 3.63) is 86.8 Å². The Morgan fingerprint density at radius 2 is 1.95 bits per heavy atom. The predicted molar refractivity (Wildman–Crippen MR) is 139 cm³/mol. The maximum atomic E-state index is 13.6. The van der Waals surface area contributed by atoms with Gasteiger partial charge in [0, 0.05) is 35.1 Å². The number of pyridine rings is 1. The zero-order chi connectivity index (χ0) is 27.2. The van der Waals surface area contributed by atoms with Gasteiger partial charge in [0.05, 0.1) is 62.5 Å². The highest BCUT2D eigenvalue weighted by Crippen LogP contribution is 2.34. The zero-order valence-electron chi connectivity index (χ0n) is 20.6. The number of aromatic carboxylic acids is 1. The number of hydrogen-bond acceptors (Lipinski definition) is 7. The number of carbonyl (C=O) groups excluding carboxylic acids is 1. The highest BCUT2D eigenvalue weighted by Gasteiger charge is 2.29. The first kappa shape index (κ1) is 27.1. The van der Waals surface area contributed by atoms with Crippen LogP contribution >= 0.6 is 11.6 Å². The molecule has 2 aromatic carbocycles. The van der Waals surface area contributed by atoms with Gasteiger partial charge in [-0.1, -0.05) is 23.7 Å². The van der Waals surface area contributed by atoms with Gasteiger partial charge in [-0.05, 0) is 35.9 Å². The van der Waals surface area contributed by atoms with Crippen LogP contribution in [0.15, 0.2) is 59.5 Å². The third-order valence-corrected chi connectivity index (χ3v) is 6.55. The number of benzene rings is 2. The fourth-order valence-electron chi connectivity index (χ4n) is 4.39. The van der Waals surface area contributed by atoms with E-state index in [2.05, 4.69) is 6.07 Å². The number of ether oxygens (including phenoxy) is 3. The van der Waals surface area contributed by atoms with E-state index in [1.807, 2.05) is 0 Å². The molecule has 3 aromatic rings. The highest BCUT2D eigenvalue weighted by molar-refractivity contribution is 6.31. The molecule has 0 saturated carbocycles. The van der Waals surface area contributed by atoms with Gasteiger partial charge in [0.2, 0.25) is 0 Å². The minimum atomic E-state index is -1.06. The molecule has 38 heavy (non-hydrogen) atoms. The smallest absolute Gasteiger partial charge is 0.335 e. The summed E-state index contributed by atoms with van der Waals surface area (Å²) in [5.74, 6) is -1.04. The van der Waals surface area contributed by atoms with Crippen LogP contribution < -0.4 is 10.3 Å². The van der Waals surface area contributed by atoms with Gasteiger partial charge in [-0.3, -0.25) is 9.59 Å². The first-order chi connectivity index (χ1) is 18.3. The van der Waals surface area contributed by atoms with Gasteiger partial charge < -0.3 is 23.9 Å². The van der Waals surface area contributed by atoms with Crippen LogP contribution in [0, 0.1) is 11.3 Å². The maximum Gasteiger partial charge on any atom is 0.335 e. The molecule has 2 unspecified atom stereocenters. The minimum Gasteiger partial charge on any atom is -0.495 e. The Hall–Kier alpha value is -3.97. The van der Waals surface area contributed by atoms with Crippen LogP contribution in [0.2, 0.25) is 5.02 Å². The number of carbonyl (C=O) groups is 2. The largest absolute Gasteiger partial charge is 0.495 e. The molecule has 10 heteroatoms. The molecule has 0 spiro atoms. The number of hydrogen-bond donors (Lipinski definition) is 1. The number of carboxylic acids is 1. The topological polar surface area (TPSA) is 128 Å². The van der Waals surface area contributed by atoms with Crippen molar-refractivity contribution >= 4 is 23.4 Å². The second-order valence-electron chi connectivity index (χ2n) is 8.77. The molecular weight excluding hydrogens is 512 g/mol. The zero-order valence-corrected chi connectivity index (χ0v) is 21.3. The molecule has 2 heterocycles. The Bertz CT molecular complexity index is 1440. The molecule has 0 amide bonds. The maximum absolute atomic E-state index is 13.6. The number of carboxylic acid groups (broad SMARTS) is 1. The van der Waals surface area contributed by atoms with Crippen molar-refractivity contribution in [3.8, 4) is 22.9 Å². The fraction of sp³-hybridized carbons (Fsp3) is 0.286. The summed E-state index contributed by atoms with van der Waals surface area (Å²) in [5, 5.41) is 19.1. The number of rotatable bonds is 9. The van der Waals surface area contributed by atoms with E-state index < -0.39 is 23.7 Å². The third-order valence-electron chi connectivity index (χ3n) is 6.31. The van der Waals surface area contributed by atoms with E-state index in [0.717, 1.165) is 0 Å². The quantitative estimate of drug-likeness (QED) is 0.436. The van der Waals surface area contributed by atoms with E-state index in [1.54, 1.807) is 30.3 Å². The van der Waals surface area contributed by atoms with E-state index in [0.29, 0.717) is 40.5 Å². The summed E-state index contributed by atoms with van der Waals surface area (Å²) in [5.41, 5.74) is 1.38. The van der Waals surface area contributed by atoms with Crippen molar-refractivity contribution in [2.45, 2.75) is 25.0 Å². The van der Waals surface area contributed by atoms with Crippen molar-refractivity contribution < 1.29 is 28.9 Å². The number of ketones is 1. The summed E-state index contributed by atoms with van der Waals surface area (Å²) >= 11 is 6.16. The molecule has 2 atom stereocenters. The molecule has 1 fully saturated rings. The van der Waals surface area contributed by atoms with Crippen LogP contribution in [0.25, 0.3) is 11.1 Å². The molecule has 1 N–H and O–H groups in total. The van der Waals surface area contributed by atoms with Crippen molar-refractivity contribution in [2.75, 3.05) is 26.9 Å². The molecule has 1 aliphatic heterocycles. The van der Waals surface area contributed by atoms with Gasteiger partial charge >= 0.3 is 5.97 Å². The number of Topliss-reactive ketones (excluding diaryl/α,β-unsaturated/α-hetero) is 1. The summed E-state index contributed by atoms with van der Waals surface area (Å²) in [6, 6.07) is 13.3. The van der Waals surface area contributed by atoms with Gasteiger partial charge in [0.25, 0.3) is 5.56 Å². The van der Waals surface area contributed by atoms with Gasteiger partial charge in [0.15, 0.2) is 5.78 Å². The summed E-state index contributed by atoms with van der Waals surface area (Å²) in [4.78, 5) is 38.2. The van der Waals surface area contributed by atoms with Crippen LogP contribution in [-0.4, -0.2) is 54.5 Å². The number of aromatic nitrogens is 1. The molecule has 4 rings (SSSR count). The number of nitrogens with zero attached hydrogens (tertiary/aromatic N) is 2. The molecule has 1 saturated heterocycles. The average molecular weight is 537 g/mol. The van der Waals surface area contributed by atoms with Crippen LogP contribution in [0.4, 0.5) is 0 Å². The monoisotopic (exact) mass is 536 g/mol. The first-order valence-corrected chi connectivity index (χ1v) is 12.2. The average Bonchev–Trinajstić information content (AvgIpc) is 2.92. The lowest BCUT2D eigenvalue weighted by molar-refractivity contribution is -0.126. The van der Waals surface area contributed by atoms with E-state index >= 15 is 0 Å². The Labute approximate surface area is 223 Å². The minimum absolute atomic E-state index is 0.0263. The van der Waals surface area contributed by atoms with Gasteiger partial charge in [-0.25, -0.2) is 4.79 Å². The van der Waals surface area contributed by atoms with Crippen LogP contribution in [-0.2, 0) is 20.7 Å². The Morgan fingerprint density at radius 1 is 1.18 bits per heavy atom. The molecule has 0 aliphatic carbocycles. The first-order valence-electron chi connectivity index (χ1n) is 11.8. The molecule has 0 radical (unpaired) electrons. The lowest BCUT2D eigenvalue weighted by atomic mass is 9.97. The second kappa shape index (κ2) is 12.0. The molecule has 0 bridgehead atoms. The van der Waals surface area contributed by atoms with E-state index in [4.69, 9.17) is 30.9 Å². The summed E-state index contributed by atoms with van der Waals surface area (Å²) in [7, 11) is 1.43. The van der Waals surface area contributed by atoms with Crippen molar-refractivity contribution in [3.63, 3.8) is 0 Å². The van der Waals surface area contributed by atoms with Crippen LogP contribution in [0.1, 0.15) is 33.9 Å². The van der Waals surface area contributed by atoms with Gasteiger partial charge in [-0.2, -0.15) is 5.26 Å². The molecule has 196 valence electrons. The summed E-state index contributed by atoms with van der Waals surface area (Å²) in [6.45, 7) is 1.12. The lowest BCUT2D eigenvalue weighted by Gasteiger charge is -2.28. The number of nitriles is 1.